The highest BCUT2D eigenvalue weighted by atomic mass is 35.5. The van der Waals surface area contributed by atoms with Crippen molar-refractivity contribution in [3.8, 4) is 22.8 Å². The van der Waals surface area contributed by atoms with E-state index in [9.17, 15) is 0 Å². The number of rotatable bonds is 5. The predicted octanol–water partition coefficient (Wildman–Crippen LogP) is 6.56. The average Bonchev–Trinajstić information content (AvgIpc) is 3.29. The molecule has 8 heteroatoms. The van der Waals surface area contributed by atoms with Crippen molar-refractivity contribution in [3.63, 3.8) is 0 Å². The quantitative estimate of drug-likeness (QED) is 0.378. The van der Waals surface area contributed by atoms with E-state index in [4.69, 9.17) is 39.3 Å². The highest BCUT2D eigenvalue weighted by molar-refractivity contribution is 6.35. The lowest BCUT2D eigenvalue weighted by Gasteiger charge is -2.08. The number of halogens is 3. The molecule has 1 saturated carbocycles. The van der Waals surface area contributed by atoms with Gasteiger partial charge in [0.25, 0.3) is 0 Å². The number of H-pyrrole nitrogens is 1. The lowest BCUT2D eigenvalue weighted by molar-refractivity contribution is 0.380. The second kappa shape index (κ2) is 7.48. The zero-order valence-electron chi connectivity index (χ0n) is 15.1. The summed E-state index contributed by atoms with van der Waals surface area (Å²) in [5, 5.41) is 13.7. The number of aromatic nitrogens is 4. The van der Waals surface area contributed by atoms with Crippen LogP contribution in [-0.4, -0.2) is 20.3 Å². The van der Waals surface area contributed by atoms with Gasteiger partial charge in [-0.15, -0.1) is 0 Å². The van der Waals surface area contributed by atoms with Crippen molar-refractivity contribution in [1.82, 2.24) is 20.3 Å². The van der Waals surface area contributed by atoms with Gasteiger partial charge in [-0.3, -0.25) is 5.10 Å². The van der Waals surface area contributed by atoms with E-state index in [2.05, 4.69) is 20.3 Å². The Bertz CT molecular complexity index is 1180. The van der Waals surface area contributed by atoms with E-state index in [0.717, 1.165) is 40.9 Å². The van der Waals surface area contributed by atoms with E-state index >= 15 is 0 Å². The van der Waals surface area contributed by atoms with Gasteiger partial charge in [0, 0.05) is 38.5 Å². The summed E-state index contributed by atoms with van der Waals surface area (Å²) in [5.41, 5.74) is 4.31. The molecule has 29 heavy (non-hydrogen) atoms. The van der Waals surface area contributed by atoms with Crippen molar-refractivity contribution in [1.29, 1.82) is 0 Å². The second-order valence-electron chi connectivity index (χ2n) is 7.08. The fraction of sp³-hybridized carbons (Fsp3) is 0.190. The SMILES string of the molecule is Clc1ccc(-c2n[nH]c(-c3noc(C4CC4)n3)c2Cc2ccc(Cl)cc2Cl)cc1. The normalized spacial score (nSPS) is 13.8. The van der Waals surface area contributed by atoms with Gasteiger partial charge in [0.1, 0.15) is 5.69 Å². The van der Waals surface area contributed by atoms with Gasteiger partial charge in [-0.2, -0.15) is 10.1 Å². The Balaban J connectivity index is 1.61. The number of nitrogens with zero attached hydrogens (tertiary/aromatic N) is 3. The van der Waals surface area contributed by atoms with Crippen molar-refractivity contribution in [2.24, 2.45) is 0 Å². The highest BCUT2D eigenvalue weighted by Gasteiger charge is 2.31. The summed E-state index contributed by atoms with van der Waals surface area (Å²) in [7, 11) is 0. The van der Waals surface area contributed by atoms with Crippen LogP contribution in [0, 0.1) is 0 Å². The smallest absolute Gasteiger partial charge is 0.230 e. The van der Waals surface area contributed by atoms with Crippen LogP contribution in [0.2, 0.25) is 15.1 Å². The van der Waals surface area contributed by atoms with Crippen molar-refractivity contribution in [2.45, 2.75) is 25.2 Å². The van der Waals surface area contributed by atoms with E-state index in [0.29, 0.717) is 39.1 Å². The third-order valence-corrected chi connectivity index (χ3v) is 5.80. The van der Waals surface area contributed by atoms with Crippen LogP contribution in [0.3, 0.4) is 0 Å². The molecule has 146 valence electrons. The van der Waals surface area contributed by atoms with Crippen LogP contribution in [0.1, 0.15) is 35.8 Å². The van der Waals surface area contributed by atoms with Crippen molar-refractivity contribution < 1.29 is 4.52 Å². The summed E-state index contributed by atoms with van der Waals surface area (Å²) in [6, 6.07) is 13.0. The maximum atomic E-state index is 6.44. The molecule has 2 aromatic carbocycles. The second-order valence-corrected chi connectivity index (χ2v) is 8.36. The van der Waals surface area contributed by atoms with E-state index < -0.39 is 0 Å². The summed E-state index contributed by atoms with van der Waals surface area (Å²) in [6.07, 6.45) is 2.72. The van der Waals surface area contributed by atoms with Crippen LogP contribution in [0.5, 0.6) is 0 Å². The summed E-state index contributed by atoms with van der Waals surface area (Å²) in [5.74, 6) is 1.56. The van der Waals surface area contributed by atoms with Crippen molar-refractivity contribution in [3.05, 3.63) is 74.6 Å². The van der Waals surface area contributed by atoms with Crippen molar-refractivity contribution >= 4 is 34.8 Å². The molecule has 0 spiro atoms. The molecule has 2 heterocycles. The Kier molecular flexibility index (Phi) is 4.82. The molecular weight excluding hydrogens is 431 g/mol. The molecule has 2 aromatic heterocycles. The van der Waals surface area contributed by atoms with Gasteiger partial charge in [-0.1, -0.05) is 58.2 Å². The predicted molar refractivity (Wildman–Crippen MR) is 114 cm³/mol. The van der Waals surface area contributed by atoms with E-state index in [1.807, 2.05) is 36.4 Å². The molecule has 4 aromatic rings. The molecule has 0 atom stereocenters. The first-order valence-corrected chi connectivity index (χ1v) is 10.3. The van der Waals surface area contributed by atoms with E-state index in [-0.39, 0.29) is 0 Å². The van der Waals surface area contributed by atoms with Gasteiger partial charge in [0.05, 0.1) is 5.69 Å². The molecule has 0 bridgehead atoms. The highest BCUT2D eigenvalue weighted by Crippen LogP contribution is 2.40. The molecule has 1 N–H and O–H groups in total. The monoisotopic (exact) mass is 444 g/mol. The summed E-state index contributed by atoms with van der Waals surface area (Å²) in [4.78, 5) is 4.58. The molecule has 5 nitrogen and oxygen atoms in total. The van der Waals surface area contributed by atoms with E-state index in [1.54, 1.807) is 6.07 Å². The third-order valence-electron chi connectivity index (χ3n) is 4.96. The molecular formula is C21H15Cl3N4O. The van der Waals surface area contributed by atoms with Gasteiger partial charge in [0.2, 0.25) is 11.7 Å². The van der Waals surface area contributed by atoms with Gasteiger partial charge >= 0.3 is 0 Å². The molecule has 1 aliphatic carbocycles. The standard InChI is InChI=1S/C21H15Cl3N4O/c22-14-6-3-11(4-7-14)18-16(9-13-5-8-15(23)10-17(13)24)19(27-26-18)20-25-21(29-28-20)12-1-2-12/h3-8,10,12H,1-2,9H2,(H,26,27). The Morgan fingerprint density at radius 2 is 1.76 bits per heavy atom. The van der Waals surface area contributed by atoms with Gasteiger partial charge in [-0.05, 0) is 42.7 Å². The van der Waals surface area contributed by atoms with Gasteiger partial charge < -0.3 is 4.52 Å². The Morgan fingerprint density at radius 3 is 2.48 bits per heavy atom. The Hall–Kier alpha value is -2.34. The fourth-order valence-corrected chi connectivity index (χ4v) is 3.86. The maximum absolute atomic E-state index is 6.44. The number of benzene rings is 2. The minimum atomic E-state index is 0.379. The van der Waals surface area contributed by atoms with Gasteiger partial charge in [0.15, 0.2) is 0 Å². The summed E-state index contributed by atoms with van der Waals surface area (Å²) >= 11 is 18.5. The number of hydrogen-bond acceptors (Lipinski definition) is 4. The Labute approximate surface area is 182 Å². The molecule has 5 rings (SSSR count). The largest absolute Gasteiger partial charge is 0.339 e. The number of nitrogens with one attached hydrogen (secondary N) is 1. The van der Waals surface area contributed by atoms with Crippen LogP contribution in [0.25, 0.3) is 22.8 Å². The minimum Gasteiger partial charge on any atom is -0.339 e. The average molecular weight is 446 g/mol. The summed E-state index contributed by atoms with van der Waals surface area (Å²) in [6.45, 7) is 0. The molecule has 0 unspecified atom stereocenters. The summed E-state index contributed by atoms with van der Waals surface area (Å²) < 4.78 is 5.45. The molecule has 1 aliphatic rings. The first-order valence-electron chi connectivity index (χ1n) is 9.19. The lowest BCUT2D eigenvalue weighted by atomic mass is 9.98. The van der Waals surface area contributed by atoms with Crippen LogP contribution in [0.4, 0.5) is 0 Å². The minimum absolute atomic E-state index is 0.379. The van der Waals surface area contributed by atoms with Crippen LogP contribution in [0.15, 0.2) is 47.0 Å². The van der Waals surface area contributed by atoms with Crippen LogP contribution < -0.4 is 0 Å². The molecule has 0 radical (unpaired) electrons. The first kappa shape index (κ1) is 18.7. The lowest BCUT2D eigenvalue weighted by Crippen LogP contribution is -1.95. The van der Waals surface area contributed by atoms with E-state index in [1.165, 1.54) is 0 Å². The molecule has 1 fully saturated rings. The molecule has 0 aliphatic heterocycles. The van der Waals surface area contributed by atoms with Crippen LogP contribution >= 0.6 is 34.8 Å². The molecule has 0 amide bonds. The zero-order valence-corrected chi connectivity index (χ0v) is 17.4. The van der Waals surface area contributed by atoms with Crippen LogP contribution in [-0.2, 0) is 6.42 Å². The topological polar surface area (TPSA) is 67.6 Å². The number of aromatic amines is 1. The Morgan fingerprint density at radius 1 is 1.00 bits per heavy atom. The fourth-order valence-electron chi connectivity index (χ4n) is 3.26. The zero-order chi connectivity index (χ0) is 20.0. The molecule has 0 saturated heterocycles. The maximum Gasteiger partial charge on any atom is 0.230 e. The van der Waals surface area contributed by atoms with Gasteiger partial charge in [-0.25, -0.2) is 0 Å². The number of hydrogen-bond donors (Lipinski definition) is 1. The van der Waals surface area contributed by atoms with Crippen molar-refractivity contribution in [2.75, 3.05) is 0 Å². The first-order chi connectivity index (χ1) is 14.1. The third kappa shape index (κ3) is 3.78.